The first-order chi connectivity index (χ1) is 10.5. The molecule has 2 N–H and O–H groups in total. The summed E-state index contributed by atoms with van der Waals surface area (Å²) in [5, 5.41) is 5.90. The van der Waals surface area contributed by atoms with E-state index in [0.717, 1.165) is 16.8 Å². The predicted octanol–water partition coefficient (Wildman–Crippen LogP) is 3.73. The van der Waals surface area contributed by atoms with Crippen LogP contribution in [0.3, 0.4) is 0 Å². The number of amides is 1. The molecule has 0 radical (unpaired) electrons. The fourth-order valence-electron chi connectivity index (χ4n) is 2.33. The van der Waals surface area contributed by atoms with Crippen molar-refractivity contribution in [3.63, 3.8) is 0 Å². The van der Waals surface area contributed by atoms with Crippen LogP contribution in [0.15, 0.2) is 42.5 Å². The van der Waals surface area contributed by atoms with E-state index >= 15 is 0 Å². The van der Waals surface area contributed by atoms with Gasteiger partial charge in [0.25, 0.3) is 0 Å². The monoisotopic (exact) mass is 300 g/mol. The predicted molar refractivity (Wildman–Crippen MR) is 87.4 cm³/mol. The Morgan fingerprint density at radius 3 is 2.59 bits per heavy atom. The Hall–Kier alpha value is -2.20. The highest BCUT2D eigenvalue weighted by Crippen LogP contribution is 2.17. The van der Waals surface area contributed by atoms with Gasteiger partial charge in [-0.3, -0.25) is 4.79 Å². The zero-order valence-electron chi connectivity index (χ0n) is 13.1. The van der Waals surface area contributed by atoms with Crippen LogP contribution in [-0.4, -0.2) is 12.5 Å². The second kappa shape index (κ2) is 7.18. The number of nitrogens with one attached hydrogen (secondary N) is 2. The van der Waals surface area contributed by atoms with Gasteiger partial charge in [0.1, 0.15) is 5.82 Å². The number of aryl methyl sites for hydroxylation is 2. The van der Waals surface area contributed by atoms with Gasteiger partial charge in [-0.25, -0.2) is 4.39 Å². The molecule has 22 heavy (non-hydrogen) atoms. The number of anilines is 1. The summed E-state index contributed by atoms with van der Waals surface area (Å²) in [6.45, 7) is 5.93. The summed E-state index contributed by atoms with van der Waals surface area (Å²) in [4.78, 5) is 12.0. The Balaban J connectivity index is 1.91. The molecule has 2 aromatic rings. The molecule has 0 bridgehead atoms. The molecule has 3 nitrogen and oxygen atoms in total. The van der Waals surface area contributed by atoms with Gasteiger partial charge in [0.05, 0.1) is 6.54 Å². The van der Waals surface area contributed by atoms with E-state index in [2.05, 4.69) is 10.6 Å². The third-order valence-corrected chi connectivity index (χ3v) is 3.60. The van der Waals surface area contributed by atoms with Gasteiger partial charge in [0, 0.05) is 17.3 Å². The lowest BCUT2D eigenvalue weighted by atomic mass is 10.1. The Morgan fingerprint density at radius 2 is 1.91 bits per heavy atom. The summed E-state index contributed by atoms with van der Waals surface area (Å²) in [5.74, 6) is -0.410. The number of halogens is 1. The molecular formula is C18H21FN2O. The summed E-state index contributed by atoms with van der Waals surface area (Å²) < 4.78 is 13.7. The normalized spacial score (nSPS) is 12.0. The highest BCUT2D eigenvalue weighted by atomic mass is 19.1. The maximum atomic E-state index is 13.7. The molecular weight excluding hydrogens is 279 g/mol. The van der Waals surface area contributed by atoms with Crippen molar-refractivity contribution in [2.24, 2.45) is 0 Å². The molecule has 0 saturated carbocycles. The van der Waals surface area contributed by atoms with E-state index in [4.69, 9.17) is 0 Å². The zero-order valence-corrected chi connectivity index (χ0v) is 13.1. The van der Waals surface area contributed by atoms with Gasteiger partial charge < -0.3 is 10.6 Å². The summed E-state index contributed by atoms with van der Waals surface area (Å²) in [6, 6.07) is 12.2. The van der Waals surface area contributed by atoms with E-state index in [0.29, 0.717) is 5.56 Å². The topological polar surface area (TPSA) is 41.1 Å². The summed E-state index contributed by atoms with van der Waals surface area (Å²) in [6.07, 6.45) is 0. The second-order valence-electron chi connectivity index (χ2n) is 5.49. The quantitative estimate of drug-likeness (QED) is 0.883. The molecule has 1 amide bonds. The molecule has 0 saturated heterocycles. The van der Waals surface area contributed by atoms with Crippen molar-refractivity contribution in [2.75, 3.05) is 11.9 Å². The van der Waals surface area contributed by atoms with E-state index in [1.807, 2.05) is 39.0 Å². The molecule has 0 aliphatic heterocycles. The molecule has 0 spiro atoms. The van der Waals surface area contributed by atoms with Crippen molar-refractivity contribution in [3.8, 4) is 0 Å². The van der Waals surface area contributed by atoms with Crippen LogP contribution >= 0.6 is 0 Å². The minimum Gasteiger partial charge on any atom is -0.325 e. The SMILES string of the molecule is Cc1ccc(NC(=O)CNC(C)c2ccccc2F)c(C)c1. The van der Waals surface area contributed by atoms with Crippen molar-refractivity contribution in [1.82, 2.24) is 5.32 Å². The fraction of sp³-hybridized carbons (Fsp3) is 0.278. The third kappa shape index (κ3) is 4.15. The van der Waals surface area contributed by atoms with E-state index in [1.165, 1.54) is 6.07 Å². The standard InChI is InChI=1S/C18H21FN2O/c1-12-8-9-17(13(2)10-12)21-18(22)11-20-14(3)15-6-4-5-7-16(15)19/h4-10,14,20H,11H2,1-3H3,(H,21,22). The van der Waals surface area contributed by atoms with Gasteiger partial charge in [-0.05, 0) is 38.5 Å². The van der Waals surface area contributed by atoms with Crippen LogP contribution in [0.1, 0.15) is 29.7 Å². The molecule has 116 valence electrons. The first-order valence-corrected chi connectivity index (χ1v) is 7.32. The van der Waals surface area contributed by atoms with Crippen LogP contribution < -0.4 is 10.6 Å². The molecule has 2 rings (SSSR count). The van der Waals surface area contributed by atoms with Gasteiger partial charge in [-0.15, -0.1) is 0 Å². The van der Waals surface area contributed by atoms with Crippen molar-refractivity contribution in [2.45, 2.75) is 26.8 Å². The maximum absolute atomic E-state index is 13.7. The van der Waals surface area contributed by atoms with Gasteiger partial charge in [0.15, 0.2) is 0 Å². The van der Waals surface area contributed by atoms with E-state index in [1.54, 1.807) is 18.2 Å². The Bertz CT molecular complexity index is 670. The Labute approximate surface area is 130 Å². The summed E-state index contributed by atoms with van der Waals surface area (Å²) in [7, 11) is 0. The van der Waals surface area contributed by atoms with Crippen LogP contribution in [0, 0.1) is 19.7 Å². The molecule has 0 aliphatic carbocycles. The number of rotatable bonds is 5. The highest BCUT2D eigenvalue weighted by Gasteiger charge is 2.11. The van der Waals surface area contributed by atoms with Crippen LogP contribution in [0.5, 0.6) is 0 Å². The Kier molecular flexibility index (Phi) is 5.28. The lowest BCUT2D eigenvalue weighted by Crippen LogP contribution is -2.30. The molecule has 2 aromatic carbocycles. The van der Waals surface area contributed by atoms with Crippen LogP contribution in [-0.2, 0) is 4.79 Å². The molecule has 0 heterocycles. The van der Waals surface area contributed by atoms with Crippen molar-refractivity contribution >= 4 is 11.6 Å². The van der Waals surface area contributed by atoms with E-state index in [-0.39, 0.29) is 24.3 Å². The van der Waals surface area contributed by atoms with Gasteiger partial charge in [-0.1, -0.05) is 35.9 Å². The first kappa shape index (κ1) is 16.2. The van der Waals surface area contributed by atoms with Crippen LogP contribution in [0.2, 0.25) is 0 Å². The zero-order chi connectivity index (χ0) is 16.1. The van der Waals surface area contributed by atoms with E-state index in [9.17, 15) is 9.18 Å². The number of hydrogen-bond acceptors (Lipinski definition) is 2. The number of carbonyl (C=O) groups excluding carboxylic acids is 1. The van der Waals surface area contributed by atoms with Gasteiger partial charge in [-0.2, -0.15) is 0 Å². The molecule has 0 fully saturated rings. The smallest absolute Gasteiger partial charge is 0.238 e. The molecule has 0 aliphatic rings. The molecule has 1 unspecified atom stereocenters. The number of carbonyl (C=O) groups is 1. The first-order valence-electron chi connectivity index (χ1n) is 7.32. The van der Waals surface area contributed by atoms with Crippen molar-refractivity contribution in [3.05, 3.63) is 65.0 Å². The fourth-order valence-corrected chi connectivity index (χ4v) is 2.33. The van der Waals surface area contributed by atoms with Gasteiger partial charge in [0.2, 0.25) is 5.91 Å². The molecule has 4 heteroatoms. The third-order valence-electron chi connectivity index (χ3n) is 3.60. The molecule has 1 atom stereocenters. The number of benzene rings is 2. The summed E-state index contributed by atoms with van der Waals surface area (Å²) in [5.41, 5.74) is 3.54. The largest absolute Gasteiger partial charge is 0.325 e. The average molecular weight is 300 g/mol. The summed E-state index contributed by atoms with van der Waals surface area (Å²) >= 11 is 0. The Morgan fingerprint density at radius 1 is 1.18 bits per heavy atom. The van der Waals surface area contributed by atoms with Crippen molar-refractivity contribution < 1.29 is 9.18 Å². The lowest BCUT2D eigenvalue weighted by molar-refractivity contribution is -0.115. The van der Waals surface area contributed by atoms with Crippen LogP contribution in [0.4, 0.5) is 10.1 Å². The van der Waals surface area contributed by atoms with Gasteiger partial charge >= 0.3 is 0 Å². The van der Waals surface area contributed by atoms with Crippen LogP contribution in [0.25, 0.3) is 0 Å². The lowest BCUT2D eigenvalue weighted by Gasteiger charge is -2.15. The van der Waals surface area contributed by atoms with Crippen molar-refractivity contribution in [1.29, 1.82) is 0 Å². The number of hydrogen-bond donors (Lipinski definition) is 2. The van der Waals surface area contributed by atoms with E-state index < -0.39 is 0 Å². The minimum absolute atomic E-state index is 0.128. The minimum atomic E-state index is -0.266. The molecule has 0 aromatic heterocycles. The highest BCUT2D eigenvalue weighted by molar-refractivity contribution is 5.93. The maximum Gasteiger partial charge on any atom is 0.238 e. The second-order valence-corrected chi connectivity index (χ2v) is 5.49. The average Bonchev–Trinajstić information content (AvgIpc) is 2.48.